The number of benzene rings is 1. The molecule has 0 bridgehead atoms. The molecule has 2 rings (SSSR count). The Morgan fingerprint density at radius 3 is 2.50 bits per heavy atom. The van der Waals surface area contributed by atoms with Crippen molar-refractivity contribution in [2.24, 2.45) is 0 Å². The maximum absolute atomic E-state index is 12.3. The number of hydrogen-bond donors (Lipinski definition) is 2. The Morgan fingerprint density at radius 1 is 1.32 bits per heavy atom. The van der Waals surface area contributed by atoms with Gasteiger partial charge in [-0.1, -0.05) is 26.0 Å². The number of sulfonamides is 1. The van der Waals surface area contributed by atoms with Crippen LogP contribution in [0, 0.1) is 0 Å². The van der Waals surface area contributed by atoms with Gasteiger partial charge in [0.1, 0.15) is 0 Å². The summed E-state index contributed by atoms with van der Waals surface area (Å²) >= 11 is 1.01. The van der Waals surface area contributed by atoms with Crippen LogP contribution in [0.2, 0.25) is 0 Å². The number of carboxylic acids is 1. The number of thiazole rings is 1. The summed E-state index contributed by atoms with van der Waals surface area (Å²) in [5.74, 6) is -0.662. The van der Waals surface area contributed by atoms with Crippen LogP contribution in [-0.4, -0.2) is 24.5 Å². The first kappa shape index (κ1) is 16.4. The fraction of sp³-hybridized carbons (Fsp3) is 0.286. The van der Waals surface area contributed by atoms with Crippen molar-refractivity contribution < 1.29 is 18.3 Å². The van der Waals surface area contributed by atoms with Crippen LogP contribution in [-0.2, 0) is 21.2 Å². The number of rotatable bonds is 6. The average Bonchev–Trinajstić information content (AvgIpc) is 2.84. The van der Waals surface area contributed by atoms with E-state index in [1.54, 1.807) is 24.3 Å². The van der Waals surface area contributed by atoms with Gasteiger partial charge < -0.3 is 5.11 Å². The van der Waals surface area contributed by atoms with Gasteiger partial charge >= 0.3 is 5.97 Å². The van der Waals surface area contributed by atoms with E-state index in [4.69, 9.17) is 5.11 Å². The lowest BCUT2D eigenvalue weighted by Crippen LogP contribution is -2.12. The molecular weight excluding hydrogens is 324 g/mol. The fourth-order valence-electron chi connectivity index (χ4n) is 1.79. The molecule has 2 N–H and O–H groups in total. The molecule has 1 aromatic carbocycles. The van der Waals surface area contributed by atoms with Crippen molar-refractivity contribution in [2.75, 3.05) is 4.72 Å². The number of aromatic nitrogens is 1. The lowest BCUT2D eigenvalue weighted by Gasteiger charge is -2.08. The van der Waals surface area contributed by atoms with Crippen molar-refractivity contribution in [3.8, 4) is 0 Å². The maximum atomic E-state index is 12.3. The van der Waals surface area contributed by atoms with Gasteiger partial charge in [-0.25, -0.2) is 13.4 Å². The summed E-state index contributed by atoms with van der Waals surface area (Å²) in [5, 5.41) is 8.85. The summed E-state index contributed by atoms with van der Waals surface area (Å²) in [6, 6.07) is 6.64. The summed E-state index contributed by atoms with van der Waals surface area (Å²) in [5.41, 5.74) is 1.05. The van der Waals surface area contributed by atoms with Crippen LogP contribution in [0.4, 0.5) is 5.13 Å². The number of nitrogens with zero attached hydrogens (tertiary/aromatic N) is 1. The molecule has 0 fully saturated rings. The SMILES string of the molecule is CC(C)c1ccc(S(=O)(=O)Nc2ncc(CC(=O)O)s2)cc1. The molecule has 0 atom stereocenters. The Morgan fingerprint density at radius 2 is 1.95 bits per heavy atom. The second kappa shape index (κ2) is 6.45. The zero-order valence-electron chi connectivity index (χ0n) is 12.1. The first-order valence-electron chi connectivity index (χ1n) is 6.57. The second-order valence-corrected chi connectivity index (χ2v) is 7.83. The normalized spacial score (nSPS) is 11.6. The number of anilines is 1. The first-order chi connectivity index (χ1) is 10.3. The van der Waals surface area contributed by atoms with Crippen molar-refractivity contribution in [1.29, 1.82) is 0 Å². The van der Waals surface area contributed by atoms with Gasteiger partial charge in [0.05, 0.1) is 11.3 Å². The van der Waals surface area contributed by atoms with Crippen LogP contribution in [0.25, 0.3) is 0 Å². The molecule has 1 aromatic heterocycles. The Labute approximate surface area is 132 Å². The summed E-state index contributed by atoms with van der Waals surface area (Å²) < 4.78 is 26.9. The molecule has 0 spiro atoms. The van der Waals surface area contributed by atoms with Crippen molar-refractivity contribution in [3.05, 3.63) is 40.9 Å². The van der Waals surface area contributed by atoms with E-state index in [1.807, 2.05) is 13.8 Å². The highest BCUT2D eigenvalue weighted by Crippen LogP contribution is 2.23. The molecule has 22 heavy (non-hydrogen) atoms. The smallest absolute Gasteiger partial charge is 0.308 e. The minimum Gasteiger partial charge on any atom is -0.481 e. The molecule has 118 valence electrons. The molecule has 1 heterocycles. The third kappa shape index (κ3) is 4.05. The van der Waals surface area contributed by atoms with Crippen molar-refractivity contribution in [2.45, 2.75) is 31.1 Å². The molecule has 0 unspecified atom stereocenters. The van der Waals surface area contributed by atoms with E-state index < -0.39 is 16.0 Å². The zero-order valence-corrected chi connectivity index (χ0v) is 13.7. The van der Waals surface area contributed by atoms with Gasteiger partial charge in [0.25, 0.3) is 10.0 Å². The highest BCUT2D eigenvalue weighted by Gasteiger charge is 2.17. The van der Waals surface area contributed by atoms with Gasteiger partial charge in [0, 0.05) is 11.1 Å². The predicted molar refractivity (Wildman–Crippen MR) is 84.8 cm³/mol. The molecule has 8 heteroatoms. The lowest BCUT2D eigenvalue weighted by molar-refractivity contribution is -0.136. The Hall–Kier alpha value is -1.93. The standard InChI is InChI=1S/C14H16N2O4S2/c1-9(2)10-3-5-12(6-4-10)22(19,20)16-14-15-8-11(21-14)7-13(17)18/h3-6,8-9H,7H2,1-2H3,(H,15,16)(H,17,18). The lowest BCUT2D eigenvalue weighted by atomic mass is 10.0. The summed E-state index contributed by atoms with van der Waals surface area (Å²) in [4.78, 5) is 15.1. The highest BCUT2D eigenvalue weighted by molar-refractivity contribution is 7.93. The van der Waals surface area contributed by atoms with E-state index in [-0.39, 0.29) is 16.4 Å². The topological polar surface area (TPSA) is 96.4 Å². The van der Waals surface area contributed by atoms with Gasteiger partial charge in [-0.3, -0.25) is 9.52 Å². The van der Waals surface area contributed by atoms with Crippen molar-refractivity contribution in [1.82, 2.24) is 4.98 Å². The maximum Gasteiger partial charge on any atom is 0.308 e. The van der Waals surface area contributed by atoms with Gasteiger partial charge in [-0.05, 0) is 23.6 Å². The van der Waals surface area contributed by atoms with Crippen LogP contribution < -0.4 is 4.72 Å². The third-order valence-electron chi connectivity index (χ3n) is 2.96. The van der Waals surface area contributed by atoms with Crippen LogP contribution in [0.1, 0.15) is 30.2 Å². The highest BCUT2D eigenvalue weighted by atomic mass is 32.2. The third-order valence-corrected chi connectivity index (χ3v) is 5.35. The monoisotopic (exact) mass is 340 g/mol. The number of carbonyl (C=O) groups is 1. The second-order valence-electron chi connectivity index (χ2n) is 5.03. The number of carboxylic acid groups (broad SMARTS) is 1. The van der Waals surface area contributed by atoms with Gasteiger partial charge in [-0.15, -0.1) is 11.3 Å². The minimum absolute atomic E-state index is 0.145. The van der Waals surface area contributed by atoms with Gasteiger partial charge in [0.2, 0.25) is 0 Å². The van der Waals surface area contributed by atoms with Crippen LogP contribution in [0.15, 0.2) is 35.4 Å². The van der Waals surface area contributed by atoms with Gasteiger partial charge in [0.15, 0.2) is 5.13 Å². The van der Waals surface area contributed by atoms with Crippen LogP contribution in [0.3, 0.4) is 0 Å². The minimum atomic E-state index is -3.72. The molecule has 0 radical (unpaired) electrons. The average molecular weight is 340 g/mol. The largest absolute Gasteiger partial charge is 0.481 e. The van der Waals surface area contributed by atoms with E-state index >= 15 is 0 Å². The molecule has 0 aliphatic carbocycles. The summed E-state index contributed by atoms with van der Waals surface area (Å²) in [6.07, 6.45) is 1.18. The number of aliphatic carboxylic acids is 1. The summed E-state index contributed by atoms with van der Waals surface area (Å²) in [7, 11) is -3.72. The molecule has 2 aromatic rings. The molecule has 6 nitrogen and oxygen atoms in total. The van der Waals surface area contributed by atoms with Crippen molar-refractivity contribution >= 4 is 32.5 Å². The first-order valence-corrected chi connectivity index (χ1v) is 8.87. The van der Waals surface area contributed by atoms with E-state index in [0.717, 1.165) is 16.9 Å². The molecule has 0 amide bonds. The van der Waals surface area contributed by atoms with Crippen molar-refractivity contribution in [3.63, 3.8) is 0 Å². The number of hydrogen-bond acceptors (Lipinski definition) is 5. The van der Waals surface area contributed by atoms with E-state index in [9.17, 15) is 13.2 Å². The Kier molecular flexibility index (Phi) is 4.82. The Bertz CT molecular complexity index is 764. The van der Waals surface area contributed by atoms with E-state index in [2.05, 4.69) is 9.71 Å². The predicted octanol–water partition coefficient (Wildman–Crippen LogP) is 2.69. The summed E-state index contributed by atoms with van der Waals surface area (Å²) in [6.45, 7) is 4.06. The van der Waals surface area contributed by atoms with Gasteiger partial charge in [-0.2, -0.15) is 0 Å². The van der Waals surface area contributed by atoms with Crippen LogP contribution >= 0.6 is 11.3 Å². The van der Waals surface area contributed by atoms with E-state index in [1.165, 1.54) is 6.20 Å². The molecule has 0 aliphatic rings. The fourth-order valence-corrected chi connectivity index (χ4v) is 3.84. The molecule has 0 saturated carbocycles. The zero-order chi connectivity index (χ0) is 16.3. The van der Waals surface area contributed by atoms with E-state index in [0.29, 0.717) is 10.8 Å². The van der Waals surface area contributed by atoms with Crippen LogP contribution in [0.5, 0.6) is 0 Å². The number of nitrogens with one attached hydrogen (secondary N) is 1. The molecular formula is C14H16N2O4S2. The Balaban J connectivity index is 2.16. The molecule has 0 saturated heterocycles. The quantitative estimate of drug-likeness (QED) is 0.843. The molecule has 0 aliphatic heterocycles.